The summed E-state index contributed by atoms with van der Waals surface area (Å²) in [5.74, 6) is 0.231. The second-order valence-corrected chi connectivity index (χ2v) is 9.14. The van der Waals surface area contributed by atoms with Gasteiger partial charge >= 0.3 is 0 Å². The first-order valence-electron chi connectivity index (χ1n) is 10.3. The highest BCUT2D eigenvalue weighted by Crippen LogP contribution is 2.23. The highest BCUT2D eigenvalue weighted by Gasteiger charge is 2.19. The van der Waals surface area contributed by atoms with Crippen LogP contribution in [0, 0.1) is 0 Å². The Morgan fingerprint density at radius 3 is 2.41 bits per heavy atom. The van der Waals surface area contributed by atoms with Crippen LogP contribution < -0.4 is 14.8 Å². The van der Waals surface area contributed by atoms with Crippen LogP contribution in [-0.2, 0) is 16.4 Å². The van der Waals surface area contributed by atoms with Gasteiger partial charge in [0, 0.05) is 12.2 Å². The molecule has 6 nitrogen and oxygen atoms in total. The minimum Gasteiger partial charge on any atom is -0.494 e. The van der Waals surface area contributed by atoms with E-state index >= 15 is 0 Å². The van der Waals surface area contributed by atoms with Gasteiger partial charge in [-0.05, 0) is 67.8 Å². The summed E-state index contributed by atoms with van der Waals surface area (Å²) >= 11 is 6.17. The summed E-state index contributed by atoms with van der Waals surface area (Å²) in [5.41, 5.74) is 1.68. The van der Waals surface area contributed by atoms with Gasteiger partial charge in [-0.1, -0.05) is 41.9 Å². The fraction of sp³-hybridized carbons (Fsp3) is 0.208. The Balaban J connectivity index is 1.64. The third kappa shape index (κ3) is 6.48. The second-order valence-electron chi connectivity index (χ2n) is 7.05. The maximum absolute atomic E-state index is 12.8. The van der Waals surface area contributed by atoms with Crippen LogP contribution in [0.1, 0.15) is 29.3 Å². The number of carbonyl (C=O) groups excluding carboxylic acids is 1. The number of amides is 1. The predicted octanol–water partition coefficient (Wildman–Crippen LogP) is 4.90. The molecule has 0 bridgehead atoms. The molecule has 8 heteroatoms. The molecule has 0 fully saturated rings. The summed E-state index contributed by atoms with van der Waals surface area (Å²) in [6.07, 6.45) is 1.58. The number of sulfonamides is 1. The third-order valence-corrected chi connectivity index (χ3v) is 6.39. The van der Waals surface area contributed by atoms with E-state index in [4.69, 9.17) is 16.3 Å². The zero-order valence-electron chi connectivity index (χ0n) is 17.7. The molecule has 1 amide bonds. The van der Waals surface area contributed by atoms with Crippen LogP contribution in [0.25, 0.3) is 0 Å². The number of aryl methyl sites for hydroxylation is 1. The maximum Gasteiger partial charge on any atom is 0.261 e. The highest BCUT2D eigenvalue weighted by molar-refractivity contribution is 7.92. The standard InChI is InChI=1S/C24H25ClN2O4S/c1-2-31-20-12-10-19(11-13-20)27-32(29,30)21-14-15-23(25)22(17-21)24(28)26-16-6-9-18-7-4-3-5-8-18/h3-5,7-8,10-15,17,27H,2,6,9,16H2,1H3,(H,26,28). The minimum atomic E-state index is -3.90. The molecule has 0 aliphatic carbocycles. The molecule has 0 heterocycles. The molecule has 3 aromatic rings. The molecule has 0 saturated carbocycles. The van der Waals surface area contributed by atoms with Crippen molar-refractivity contribution >= 4 is 33.2 Å². The molecule has 32 heavy (non-hydrogen) atoms. The number of rotatable bonds is 10. The number of hydrogen-bond donors (Lipinski definition) is 2. The van der Waals surface area contributed by atoms with Crippen LogP contribution in [0.3, 0.4) is 0 Å². The first-order chi connectivity index (χ1) is 15.4. The largest absolute Gasteiger partial charge is 0.494 e. The normalized spacial score (nSPS) is 11.1. The zero-order valence-corrected chi connectivity index (χ0v) is 19.2. The molecular formula is C24H25ClN2O4S. The molecule has 2 N–H and O–H groups in total. The molecule has 168 valence electrons. The summed E-state index contributed by atoms with van der Waals surface area (Å²) in [6.45, 7) is 2.84. The van der Waals surface area contributed by atoms with Gasteiger partial charge in [-0.15, -0.1) is 0 Å². The van der Waals surface area contributed by atoms with Gasteiger partial charge in [-0.2, -0.15) is 0 Å². The van der Waals surface area contributed by atoms with Crippen LogP contribution in [0.4, 0.5) is 5.69 Å². The Labute approximate surface area is 193 Å². The zero-order chi connectivity index (χ0) is 23.0. The Morgan fingerprint density at radius 1 is 1.00 bits per heavy atom. The molecule has 3 rings (SSSR count). The molecule has 0 spiro atoms. The molecule has 0 aromatic heterocycles. The minimum absolute atomic E-state index is 0.0507. The van der Waals surface area contributed by atoms with Crippen molar-refractivity contribution in [2.24, 2.45) is 0 Å². The molecular weight excluding hydrogens is 448 g/mol. The Bertz CT molecular complexity index is 1150. The molecule has 3 aromatic carbocycles. The lowest BCUT2D eigenvalue weighted by Gasteiger charge is -2.12. The van der Waals surface area contributed by atoms with E-state index in [-0.39, 0.29) is 15.5 Å². The van der Waals surface area contributed by atoms with E-state index in [1.54, 1.807) is 24.3 Å². The van der Waals surface area contributed by atoms with E-state index in [0.717, 1.165) is 12.8 Å². The van der Waals surface area contributed by atoms with E-state index in [9.17, 15) is 13.2 Å². The van der Waals surface area contributed by atoms with Crippen molar-refractivity contribution in [2.45, 2.75) is 24.7 Å². The SMILES string of the molecule is CCOc1ccc(NS(=O)(=O)c2ccc(Cl)c(C(=O)NCCCc3ccccc3)c2)cc1. The van der Waals surface area contributed by atoms with Gasteiger partial charge in [0.15, 0.2) is 0 Å². The van der Waals surface area contributed by atoms with Crippen LogP contribution in [-0.4, -0.2) is 27.5 Å². The molecule has 0 atom stereocenters. The van der Waals surface area contributed by atoms with E-state index in [0.29, 0.717) is 24.6 Å². The molecule has 0 saturated heterocycles. The van der Waals surface area contributed by atoms with Gasteiger partial charge in [0.25, 0.3) is 15.9 Å². The maximum atomic E-state index is 12.8. The number of nitrogens with one attached hydrogen (secondary N) is 2. The Morgan fingerprint density at radius 2 is 1.72 bits per heavy atom. The number of halogens is 1. The lowest BCUT2D eigenvalue weighted by atomic mass is 10.1. The topological polar surface area (TPSA) is 84.5 Å². The van der Waals surface area contributed by atoms with Gasteiger partial charge in [-0.3, -0.25) is 9.52 Å². The Hall–Kier alpha value is -3.03. The van der Waals surface area contributed by atoms with Crippen molar-refractivity contribution in [3.05, 3.63) is 88.9 Å². The number of carbonyl (C=O) groups is 1. The summed E-state index contributed by atoms with van der Waals surface area (Å²) < 4.78 is 33.5. The number of hydrogen-bond acceptors (Lipinski definition) is 4. The third-order valence-electron chi connectivity index (χ3n) is 4.68. The van der Waals surface area contributed by atoms with Crippen LogP contribution in [0.2, 0.25) is 5.02 Å². The van der Waals surface area contributed by atoms with Crippen molar-refractivity contribution < 1.29 is 17.9 Å². The number of benzene rings is 3. The van der Waals surface area contributed by atoms with Gasteiger partial charge in [-0.25, -0.2) is 8.42 Å². The highest BCUT2D eigenvalue weighted by atomic mass is 35.5. The van der Waals surface area contributed by atoms with Crippen molar-refractivity contribution in [1.82, 2.24) is 5.32 Å². The number of ether oxygens (including phenoxy) is 1. The van der Waals surface area contributed by atoms with Crippen LogP contribution in [0.15, 0.2) is 77.7 Å². The van der Waals surface area contributed by atoms with Gasteiger partial charge in [0.05, 0.1) is 22.1 Å². The van der Waals surface area contributed by atoms with E-state index < -0.39 is 15.9 Å². The summed E-state index contributed by atoms with van der Waals surface area (Å²) in [6, 6.07) is 20.6. The van der Waals surface area contributed by atoms with Crippen LogP contribution in [0.5, 0.6) is 5.75 Å². The average molecular weight is 473 g/mol. The smallest absolute Gasteiger partial charge is 0.261 e. The monoisotopic (exact) mass is 472 g/mol. The molecule has 0 unspecified atom stereocenters. The van der Waals surface area contributed by atoms with Crippen molar-refractivity contribution in [1.29, 1.82) is 0 Å². The van der Waals surface area contributed by atoms with E-state index in [1.165, 1.54) is 23.8 Å². The first kappa shape index (κ1) is 23.6. The quantitative estimate of drug-likeness (QED) is 0.411. The summed E-state index contributed by atoms with van der Waals surface area (Å²) in [5, 5.41) is 2.99. The van der Waals surface area contributed by atoms with E-state index in [2.05, 4.69) is 10.0 Å². The predicted molar refractivity (Wildman–Crippen MR) is 127 cm³/mol. The fourth-order valence-electron chi connectivity index (χ4n) is 3.08. The molecule has 0 aliphatic heterocycles. The first-order valence-corrected chi connectivity index (χ1v) is 12.1. The van der Waals surface area contributed by atoms with Gasteiger partial charge < -0.3 is 10.1 Å². The molecule has 0 radical (unpaired) electrons. The lowest BCUT2D eigenvalue weighted by molar-refractivity contribution is 0.0953. The second kappa shape index (κ2) is 11.0. The lowest BCUT2D eigenvalue weighted by Crippen LogP contribution is -2.25. The summed E-state index contributed by atoms with van der Waals surface area (Å²) in [4.78, 5) is 12.5. The molecule has 0 aliphatic rings. The summed E-state index contributed by atoms with van der Waals surface area (Å²) in [7, 11) is -3.90. The Kier molecular flexibility index (Phi) is 8.14. The van der Waals surface area contributed by atoms with Crippen molar-refractivity contribution in [3.63, 3.8) is 0 Å². The van der Waals surface area contributed by atoms with Crippen LogP contribution >= 0.6 is 11.6 Å². The average Bonchev–Trinajstić information content (AvgIpc) is 2.79. The number of anilines is 1. The van der Waals surface area contributed by atoms with Gasteiger partial charge in [0.1, 0.15) is 5.75 Å². The van der Waals surface area contributed by atoms with Gasteiger partial charge in [0.2, 0.25) is 0 Å². The fourth-order valence-corrected chi connectivity index (χ4v) is 4.37. The van der Waals surface area contributed by atoms with E-state index in [1.807, 2.05) is 37.3 Å². The van der Waals surface area contributed by atoms with Crippen molar-refractivity contribution in [3.8, 4) is 5.75 Å². The van der Waals surface area contributed by atoms with Crippen molar-refractivity contribution in [2.75, 3.05) is 17.9 Å².